The molecule has 2 aromatic carbocycles. The van der Waals surface area contributed by atoms with Gasteiger partial charge in [0.25, 0.3) is 0 Å². The molecule has 7 nitrogen and oxygen atoms in total. The first-order valence-electron chi connectivity index (χ1n) is 9.72. The van der Waals surface area contributed by atoms with Crippen molar-refractivity contribution in [3.05, 3.63) is 47.0 Å². The molecule has 178 valence electrons. The van der Waals surface area contributed by atoms with Crippen LogP contribution in [0.4, 0.5) is 24.5 Å². The van der Waals surface area contributed by atoms with Gasteiger partial charge in [0.05, 0.1) is 30.2 Å². The van der Waals surface area contributed by atoms with Crippen LogP contribution in [-0.2, 0) is 19.8 Å². The molecule has 3 N–H and O–H groups in total. The van der Waals surface area contributed by atoms with Crippen molar-refractivity contribution in [1.29, 1.82) is 0 Å². The molecule has 2 aromatic rings. The molecule has 0 atom stereocenters. The highest BCUT2D eigenvalue weighted by atomic mass is 35.5. The molecule has 0 spiro atoms. The number of nitrogens with two attached hydrogens (primary N) is 1. The summed E-state index contributed by atoms with van der Waals surface area (Å²) >= 11 is 5.79. The fourth-order valence-electron chi connectivity index (χ4n) is 2.64. The van der Waals surface area contributed by atoms with Gasteiger partial charge in [-0.15, -0.1) is 0 Å². The van der Waals surface area contributed by atoms with Gasteiger partial charge in [0.1, 0.15) is 31.0 Å². The van der Waals surface area contributed by atoms with E-state index in [1.807, 2.05) is 0 Å². The lowest BCUT2D eigenvalue weighted by Crippen LogP contribution is -2.15. The van der Waals surface area contributed by atoms with Gasteiger partial charge in [-0.05, 0) is 44.2 Å². The van der Waals surface area contributed by atoms with E-state index in [9.17, 15) is 17.7 Å². The Morgan fingerprint density at radius 1 is 1.03 bits per heavy atom. The van der Waals surface area contributed by atoms with E-state index in [-0.39, 0.29) is 44.1 Å². The maximum Gasteiger partial charge on any atom is 0.420 e. The topological polar surface area (TPSA) is 92.0 Å². The van der Waals surface area contributed by atoms with E-state index in [0.717, 1.165) is 12.1 Å². The van der Waals surface area contributed by atoms with E-state index in [4.69, 9.17) is 35.9 Å². The number of halogens is 4. The number of alkyl halides is 3. The molecular formula is C20H25ClF3N2O5P. The van der Waals surface area contributed by atoms with Gasteiger partial charge in [-0.2, -0.15) is 13.2 Å². The molecule has 0 radical (unpaired) electrons. The molecular weight excluding hydrogens is 472 g/mol. The average molecular weight is 497 g/mol. The molecule has 0 aliphatic rings. The number of anilines is 2. The quantitative estimate of drug-likeness (QED) is 0.210. The van der Waals surface area contributed by atoms with Gasteiger partial charge >= 0.3 is 13.8 Å². The van der Waals surface area contributed by atoms with Crippen molar-refractivity contribution in [2.75, 3.05) is 43.8 Å². The molecule has 0 aliphatic carbocycles. The maximum atomic E-state index is 13.5. The standard InChI is InChI=1S/C20H25ClF3N2O5P/c1-3-30-32(27,31-4-2)13-26-18-12-19(16(11-17(18)25)20(22,23)24)29-10-9-28-15-7-5-14(21)6-8-15/h5-8,11-12,26H,3-4,9-10,13,25H2,1-2H3. The number of ether oxygens (including phenoxy) is 2. The van der Waals surface area contributed by atoms with Gasteiger partial charge in [0.15, 0.2) is 0 Å². The van der Waals surface area contributed by atoms with Gasteiger partial charge in [0.2, 0.25) is 0 Å². The molecule has 12 heteroatoms. The van der Waals surface area contributed by atoms with Crippen molar-refractivity contribution in [1.82, 2.24) is 0 Å². The summed E-state index contributed by atoms with van der Waals surface area (Å²) in [4.78, 5) is 0. The molecule has 0 saturated carbocycles. The normalized spacial score (nSPS) is 11.9. The minimum Gasteiger partial charge on any atom is -0.490 e. The van der Waals surface area contributed by atoms with Crippen LogP contribution in [-0.4, -0.2) is 32.7 Å². The Labute approximate surface area is 189 Å². The average Bonchev–Trinajstić information content (AvgIpc) is 2.72. The number of rotatable bonds is 12. The molecule has 0 amide bonds. The Kier molecular flexibility index (Phi) is 9.51. The second kappa shape index (κ2) is 11.7. The Bertz CT molecular complexity index is 919. The highest BCUT2D eigenvalue weighted by Gasteiger charge is 2.35. The summed E-state index contributed by atoms with van der Waals surface area (Å²) in [5.41, 5.74) is 4.66. The fraction of sp³-hybridized carbons (Fsp3) is 0.400. The largest absolute Gasteiger partial charge is 0.490 e. The molecule has 0 bridgehead atoms. The van der Waals surface area contributed by atoms with Crippen molar-refractivity contribution < 1.29 is 36.3 Å². The van der Waals surface area contributed by atoms with Crippen molar-refractivity contribution in [3.8, 4) is 11.5 Å². The summed E-state index contributed by atoms with van der Waals surface area (Å²) in [5, 5.41) is 3.27. The fourth-order valence-corrected chi connectivity index (χ4v) is 4.17. The molecule has 0 saturated heterocycles. The van der Waals surface area contributed by atoms with Gasteiger partial charge in [-0.25, -0.2) is 0 Å². The van der Waals surface area contributed by atoms with Crippen LogP contribution in [0.1, 0.15) is 19.4 Å². The molecule has 0 aliphatic heterocycles. The Balaban J connectivity index is 2.13. The van der Waals surface area contributed by atoms with Crippen molar-refractivity contribution >= 4 is 30.6 Å². The third-order valence-electron chi connectivity index (χ3n) is 4.00. The van der Waals surface area contributed by atoms with E-state index in [0.29, 0.717) is 10.8 Å². The van der Waals surface area contributed by atoms with Crippen LogP contribution < -0.4 is 20.5 Å². The molecule has 32 heavy (non-hydrogen) atoms. The van der Waals surface area contributed by atoms with Crippen molar-refractivity contribution in [3.63, 3.8) is 0 Å². The van der Waals surface area contributed by atoms with Crippen LogP contribution in [0.5, 0.6) is 11.5 Å². The number of nitrogens with one attached hydrogen (secondary N) is 1. The maximum absolute atomic E-state index is 13.5. The lowest BCUT2D eigenvalue weighted by molar-refractivity contribution is -0.138. The summed E-state index contributed by atoms with van der Waals surface area (Å²) in [6.45, 7) is 3.42. The van der Waals surface area contributed by atoms with Crippen LogP contribution in [0, 0.1) is 0 Å². The van der Waals surface area contributed by atoms with E-state index in [1.165, 1.54) is 0 Å². The summed E-state index contributed by atoms with van der Waals surface area (Å²) in [5.74, 6) is 0.0489. The predicted octanol–water partition coefficient (Wildman–Crippen LogP) is 6.03. The minimum absolute atomic E-state index is 0.00402. The second-order valence-electron chi connectivity index (χ2n) is 6.37. The van der Waals surface area contributed by atoms with Gasteiger partial charge in [-0.3, -0.25) is 4.57 Å². The Hall–Kier alpha value is -2.13. The van der Waals surface area contributed by atoms with E-state index >= 15 is 0 Å². The first kappa shape index (κ1) is 26.1. The predicted molar refractivity (Wildman–Crippen MR) is 118 cm³/mol. The van der Waals surface area contributed by atoms with Crippen LogP contribution in [0.15, 0.2) is 36.4 Å². The number of hydrogen-bond donors (Lipinski definition) is 2. The van der Waals surface area contributed by atoms with E-state index in [1.54, 1.807) is 38.1 Å². The molecule has 0 heterocycles. The van der Waals surface area contributed by atoms with Crippen molar-refractivity contribution in [2.45, 2.75) is 20.0 Å². The van der Waals surface area contributed by atoms with Crippen LogP contribution in [0.2, 0.25) is 5.02 Å². The minimum atomic E-state index is -4.69. The van der Waals surface area contributed by atoms with Gasteiger partial charge < -0.3 is 29.6 Å². The molecule has 0 aromatic heterocycles. The van der Waals surface area contributed by atoms with E-state index in [2.05, 4.69) is 5.32 Å². The van der Waals surface area contributed by atoms with Gasteiger partial charge in [-0.1, -0.05) is 11.6 Å². The zero-order chi connectivity index (χ0) is 23.8. The van der Waals surface area contributed by atoms with E-state index < -0.39 is 25.1 Å². The molecule has 0 fully saturated rings. The zero-order valence-electron chi connectivity index (χ0n) is 17.6. The first-order valence-corrected chi connectivity index (χ1v) is 11.8. The first-order chi connectivity index (χ1) is 15.1. The smallest absolute Gasteiger partial charge is 0.420 e. The number of nitrogen functional groups attached to an aromatic ring is 1. The third-order valence-corrected chi connectivity index (χ3v) is 6.10. The van der Waals surface area contributed by atoms with Gasteiger partial charge in [0, 0.05) is 11.1 Å². The monoisotopic (exact) mass is 496 g/mol. The lowest BCUT2D eigenvalue weighted by Gasteiger charge is -2.21. The molecule has 0 unspecified atom stereocenters. The SMILES string of the molecule is CCOP(=O)(CNc1cc(OCCOc2ccc(Cl)cc2)c(C(F)(F)F)cc1N)OCC. The number of hydrogen-bond acceptors (Lipinski definition) is 7. The molecule has 2 rings (SSSR count). The summed E-state index contributed by atoms with van der Waals surface area (Å²) < 4.78 is 74.1. The second-order valence-corrected chi connectivity index (χ2v) is 8.86. The highest BCUT2D eigenvalue weighted by molar-refractivity contribution is 7.53. The zero-order valence-corrected chi connectivity index (χ0v) is 19.2. The van der Waals surface area contributed by atoms with Crippen LogP contribution in [0.3, 0.4) is 0 Å². The van der Waals surface area contributed by atoms with Crippen LogP contribution >= 0.6 is 19.2 Å². The summed E-state index contributed by atoms with van der Waals surface area (Å²) in [7, 11) is -3.49. The van der Waals surface area contributed by atoms with Crippen molar-refractivity contribution in [2.24, 2.45) is 0 Å². The Morgan fingerprint density at radius 3 is 2.19 bits per heavy atom. The highest BCUT2D eigenvalue weighted by Crippen LogP contribution is 2.48. The lowest BCUT2D eigenvalue weighted by atomic mass is 10.1. The number of benzene rings is 2. The summed E-state index contributed by atoms with van der Waals surface area (Å²) in [6, 6.07) is 8.36. The summed E-state index contributed by atoms with van der Waals surface area (Å²) in [6.07, 6.45) is -4.96. The van der Waals surface area contributed by atoms with Crippen LogP contribution in [0.25, 0.3) is 0 Å². The third kappa shape index (κ3) is 7.78. The Morgan fingerprint density at radius 2 is 1.62 bits per heavy atom.